The molecule has 3 aromatic carbocycles. The summed E-state index contributed by atoms with van der Waals surface area (Å²) in [6, 6.07) is 16.6. The maximum absolute atomic E-state index is 13.0. The van der Waals surface area contributed by atoms with E-state index in [0.717, 1.165) is 29.3 Å². The Bertz CT molecular complexity index is 1220. The van der Waals surface area contributed by atoms with Crippen LogP contribution in [0.15, 0.2) is 66.7 Å². The van der Waals surface area contributed by atoms with Crippen molar-refractivity contribution in [2.45, 2.75) is 18.1 Å². The van der Waals surface area contributed by atoms with Gasteiger partial charge in [-0.1, -0.05) is 47.5 Å². The molecule has 0 aromatic heterocycles. The van der Waals surface area contributed by atoms with E-state index in [4.69, 9.17) is 23.2 Å². The fourth-order valence-corrected chi connectivity index (χ4v) is 4.96. The van der Waals surface area contributed by atoms with Crippen LogP contribution in [0.1, 0.15) is 32.4 Å². The maximum Gasteiger partial charge on any atom is 0.416 e. The van der Waals surface area contributed by atoms with Gasteiger partial charge in [0, 0.05) is 17.1 Å². The quantitative estimate of drug-likeness (QED) is 0.389. The number of amides is 2. The van der Waals surface area contributed by atoms with Gasteiger partial charge in [0.2, 0.25) is 5.91 Å². The Morgan fingerprint density at radius 1 is 1.03 bits per heavy atom. The number of hydrogen-bond acceptors (Lipinski definition) is 3. The van der Waals surface area contributed by atoms with Crippen LogP contribution in [-0.2, 0) is 17.5 Å². The van der Waals surface area contributed by atoms with Gasteiger partial charge in [0.15, 0.2) is 0 Å². The number of carbonyl (C=O) groups is 2. The molecule has 1 atom stereocenters. The molecule has 0 bridgehead atoms. The van der Waals surface area contributed by atoms with Crippen LogP contribution in [0.5, 0.6) is 0 Å². The number of nitrogens with one attached hydrogen (secondary N) is 1. The molecule has 0 saturated carbocycles. The van der Waals surface area contributed by atoms with Gasteiger partial charge in [-0.15, -0.1) is 11.8 Å². The SMILES string of the molecule is O=C(Nc1cc(C(F)(F)F)ccc1Cl)c1ccc([C@@H]2SCC(=O)N2Cc2ccc(Cl)cc2)cc1. The number of hydrogen-bond donors (Lipinski definition) is 1. The molecule has 2 amide bonds. The summed E-state index contributed by atoms with van der Waals surface area (Å²) in [7, 11) is 0. The molecule has 0 spiro atoms. The zero-order valence-electron chi connectivity index (χ0n) is 17.4. The topological polar surface area (TPSA) is 49.4 Å². The Labute approximate surface area is 208 Å². The third kappa shape index (κ3) is 5.51. The lowest BCUT2D eigenvalue weighted by molar-refractivity contribution is -0.137. The zero-order valence-corrected chi connectivity index (χ0v) is 19.7. The summed E-state index contributed by atoms with van der Waals surface area (Å²) in [6.45, 7) is 0.421. The number of carbonyl (C=O) groups excluding carboxylic acids is 2. The average Bonchev–Trinajstić information content (AvgIpc) is 3.16. The van der Waals surface area contributed by atoms with E-state index in [9.17, 15) is 22.8 Å². The first-order valence-electron chi connectivity index (χ1n) is 10.1. The molecule has 1 heterocycles. The molecule has 0 radical (unpaired) electrons. The standard InChI is InChI=1S/C24H17Cl2F3N2O2S/c25-18-8-1-14(2-9-18)12-31-21(32)13-34-23(31)16-5-3-15(4-6-16)22(33)30-20-11-17(24(27,28)29)7-10-19(20)26/h1-11,23H,12-13H2,(H,30,33)/t23-/m0/s1. The average molecular weight is 525 g/mol. The largest absolute Gasteiger partial charge is 0.416 e. The van der Waals surface area contributed by atoms with E-state index in [0.29, 0.717) is 17.3 Å². The first-order chi connectivity index (χ1) is 16.1. The van der Waals surface area contributed by atoms with E-state index >= 15 is 0 Å². The Hall–Kier alpha value is -2.68. The van der Waals surface area contributed by atoms with E-state index in [1.807, 2.05) is 12.1 Å². The molecule has 1 aliphatic heterocycles. The molecule has 176 valence electrons. The lowest BCUT2D eigenvalue weighted by atomic mass is 10.1. The maximum atomic E-state index is 13.0. The molecule has 0 aliphatic carbocycles. The number of rotatable bonds is 5. The molecule has 1 fully saturated rings. The van der Waals surface area contributed by atoms with Crippen LogP contribution >= 0.6 is 35.0 Å². The highest BCUT2D eigenvalue weighted by molar-refractivity contribution is 8.00. The Morgan fingerprint density at radius 2 is 1.71 bits per heavy atom. The second-order valence-electron chi connectivity index (χ2n) is 7.58. The van der Waals surface area contributed by atoms with Crippen LogP contribution in [0, 0.1) is 0 Å². The monoisotopic (exact) mass is 524 g/mol. The number of nitrogens with zero attached hydrogens (tertiary/aromatic N) is 1. The van der Waals surface area contributed by atoms with Gasteiger partial charge in [-0.2, -0.15) is 13.2 Å². The van der Waals surface area contributed by atoms with Crippen molar-refractivity contribution in [3.05, 3.63) is 99.0 Å². The van der Waals surface area contributed by atoms with E-state index in [2.05, 4.69) is 5.32 Å². The lowest BCUT2D eigenvalue weighted by Crippen LogP contribution is -2.27. The van der Waals surface area contributed by atoms with Crippen LogP contribution < -0.4 is 5.32 Å². The molecule has 10 heteroatoms. The number of alkyl halides is 3. The van der Waals surface area contributed by atoms with Gasteiger partial charge >= 0.3 is 6.18 Å². The third-order valence-electron chi connectivity index (χ3n) is 5.23. The first kappa shape index (κ1) is 24.4. The summed E-state index contributed by atoms with van der Waals surface area (Å²) >= 11 is 13.4. The van der Waals surface area contributed by atoms with Crippen molar-refractivity contribution in [3.63, 3.8) is 0 Å². The second kappa shape index (κ2) is 9.90. The van der Waals surface area contributed by atoms with Gasteiger partial charge in [0.1, 0.15) is 5.37 Å². The molecule has 1 saturated heterocycles. The summed E-state index contributed by atoms with van der Waals surface area (Å²) in [5.41, 5.74) is 0.983. The Kier molecular flexibility index (Phi) is 7.12. The fourth-order valence-electron chi connectivity index (χ4n) is 3.48. The fraction of sp³-hybridized carbons (Fsp3) is 0.167. The van der Waals surface area contributed by atoms with Crippen LogP contribution in [0.4, 0.5) is 18.9 Å². The van der Waals surface area contributed by atoms with Crippen molar-refractivity contribution in [1.29, 1.82) is 0 Å². The molecule has 4 nitrogen and oxygen atoms in total. The Balaban J connectivity index is 1.49. The molecule has 34 heavy (non-hydrogen) atoms. The lowest BCUT2D eigenvalue weighted by Gasteiger charge is -2.24. The summed E-state index contributed by atoms with van der Waals surface area (Å²) in [4.78, 5) is 26.8. The van der Waals surface area contributed by atoms with Gasteiger partial charge in [-0.25, -0.2) is 0 Å². The van der Waals surface area contributed by atoms with Crippen molar-refractivity contribution in [1.82, 2.24) is 4.90 Å². The summed E-state index contributed by atoms with van der Waals surface area (Å²) in [5.74, 6) is -0.249. The minimum Gasteiger partial charge on any atom is -0.322 e. The van der Waals surface area contributed by atoms with E-state index in [-0.39, 0.29) is 27.6 Å². The minimum absolute atomic E-state index is 0.00307. The van der Waals surface area contributed by atoms with E-state index < -0.39 is 17.6 Å². The van der Waals surface area contributed by atoms with Gasteiger partial charge in [0.05, 0.1) is 22.0 Å². The summed E-state index contributed by atoms with van der Waals surface area (Å²) < 4.78 is 38.9. The summed E-state index contributed by atoms with van der Waals surface area (Å²) in [5, 5.41) is 2.82. The smallest absolute Gasteiger partial charge is 0.322 e. The van der Waals surface area contributed by atoms with Crippen molar-refractivity contribution in [2.75, 3.05) is 11.1 Å². The van der Waals surface area contributed by atoms with Crippen LogP contribution in [0.3, 0.4) is 0 Å². The van der Waals surface area contributed by atoms with Crippen molar-refractivity contribution in [2.24, 2.45) is 0 Å². The predicted molar refractivity (Wildman–Crippen MR) is 128 cm³/mol. The predicted octanol–water partition coefficient (Wildman–Crippen LogP) is 7.04. The normalized spacial score (nSPS) is 16.1. The molecule has 4 rings (SSSR count). The highest BCUT2D eigenvalue weighted by atomic mass is 35.5. The van der Waals surface area contributed by atoms with E-state index in [1.165, 1.54) is 11.8 Å². The molecular formula is C24H17Cl2F3N2O2S. The van der Waals surface area contributed by atoms with Gasteiger partial charge < -0.3 is 10.2 Å². The van der Waals surface area contributed by atoms with Gasteiger partial charge in [-0.3, -0.25) is 9.59 Å². The van der Waals surface area contributed by atoms with Crippen molar-refractivity contribution >= 4 is 52.5 Å². The highest BCUT2D eigenvalue weighted by Crippen LogP contribution is 2.40. The van der Waals surface area contributed by atoms with Crippen molar-refractivity contribution in [3.8, 4) is 0 Å². The third-order valence-corrected chi connectivity index (χ3v) is 7.07. The molecule has 0 unspecified atom stereocenters. The van der Waals surface area contributed by atoms with E-state index in [1.54, 1.807) is 41.3 Å². The van der Waals surface area contributed by atoms with Crippen LogP contribution in [0.2, 0.25) is 10.0 Å². The molecule has 1 N–H and O–H groups in total. The van der Waals surface area contributed by atoms with Gasteiger partial charge in [-0.05, 0) is 53.6 Å². The van der Waals surface area contributed by atoms with Crippen LogP contribution in [0.25, 0.3) is 0 Å². The first-order valence-corrected chi connectivity index (χ1v) is 11.9. The number of halogens is 5. The number of benzene rings is 3. The summed E-state index contributed by atoms with van der Waals surface area (Å²) in [6.07, 6.45) is -4.56. The zero-order chi connectivity index (χ0) is 24.5. The number of thioether (sulfide) groups is 1. The van der Waals surface area contributed by atoms with Gasteiger partial charge in [0.25, 0.3) is 5.91 Å². The molecule has 3 aromatic rings. The minimum atomic E-state index is -4.56. The number of anilines is 1. The molecular weight excluding hydrogens is 508 g/mol. The highest BCUT2D eigenvalue weighted by Gasteiger charge is 2.33. The van der Waals surface area contributed by atoms with Crippen LogP contribution in [-0.4, -0.2) is 22.5 Å². The second-order valence-corrected chi connectivity index (χ2v) is 9.49. The Morgan fingerprint density at radius 3 is 2.35 bits per heavy atom. The van der Waals surface area contributed by atoms with Crippen molar-refractivity contribution < 1.29 is 22.8 Å². The molecule has 1 aliphatic rings.